The predicted octanol–water partition coefficient (Wildman–Crippen LogP) is 2.58. The summed E-state index contributed by atoms with van der Waals surface area (Å²) in [4.78, 5) is 11.7. The van der Waals surface area contributed by atoms with Crippen molar-refractivity contribution in [3.63, 3.8) is 0 Å². The number of hydrogen-bond donors (Lipinski definition) is 2. The molecule has 3 heteroatoms. The maximum atomic E-state index is 11.7. The first-order valence-electron chi connectivity index (χ1n) is 7.31. The van der Waals surface area contributed by atoms with Crippen molar-refractivity contribution < 1.29 is 4.79 Å². The van der Waals surface area contributed by atoms with Crippen molar-refractivity contribution in [3.8, 4) is 11.8 Å². The molecule has 1 rings (SSSR count). The second-order valence-electron chi connectivity index (χ2n) is 4.75. The number of amides is 1. The van der Waals surface area contributed by atoms with Gasteiger partial charge in [-0.2, -0.15) is 0 Å². The summed E-state index contributed by atoms with van der Waals surface area (Å²) in [5.41, 5.74) is 7.36. The molecule has 0 unspecified atom stereocenters. The summed E-state index contributed by atoms with van der Waals surface area (Å²) in [6, 6.07) is 7.83. The third-order valence-electron chi connectivity index (χ3n) is 3.08. The minimum atomic E-state index is 0.114. The Morgan fingerprint density at radius 3 is 2.80 bits per heavy atom. The number of unbranched alkanes of at least 4 members (excludes halogenated alkanes) is 3. The average Bonchev–Trinajstić information content (AvgIpc) is 2.48. The molecule has 0 atom stereocenters. The molecule has 0 aliphatic rings. The van der Waals surface area contributed by atoms with Gasteiger partial charge in [-0.05, 0) is 18.1 Å². The van der Waals surface area contributed by atoms with E-state index >= 15 is 0 Å². The van der Waals surface area contributed by atoms with Crippen LogP contribution >= 0.6 is 0 Å². The van der Waals surface area contributed by atoms with Gasteiger partial charge in [-0.15, -0.1) is 0 Å². The molecule has 0 aliphatic heterocycles. The molecular weight excluding hydrogens is 248 g/mol. The number of carbonyl (C=O) groups excluding carboxylic acids is 1. The minimum Gasteiger partial charge on any atom is -0.352 e. The Bertz CT molecular complexity index is 471. The first-order valence-corrected chi connectivity index (χ1v) is 7.31. The van der Waals surface area contributed by atoms with Crippen LogP contribution < -0.4 is 11.1 Å². The zero-order chi connectivity index (χ0) is 14.6. The number of rotatable bonds is 7. The molecule has 1 aromatic rings. The first-order chi connectivity index (χ1) is 9.77. The summed E-state index contributed by atoms with van der Waals surface area (Å²) in [6.45, 7) is 3.04. The Hall–Kier alpha value is -1.79. The van der Waals surface area contributed by atoms with Gasteiger partial charge in [0.1, 0.15) is 0 Å². The Morgan fingerprint density at radius 1 is 1.25 bits per heavy atom. The lowest BCUT2D eigenvalue weighted by Crippen LogP contribution is -2.22. The smallest absolute Gasteiger partial charge is 0.220 e. The Kier molecular flexibility index (Phi) is 8.17. The summed E-state index contributed by atoms with van der Waals surface area (Å²) in [5, 5.41) is 2.95. The number of nitrogens with one attached hydrogen (secondary N) is 1. The van der Waals surface area contributed by atoms with Gasteiger partial charge in [0.2, 0.25) is 5.91 Å². The van der Waals surface area contributed by atoms with E-state index in [0.717, 1.165) is 24.0 Å². The van der Waals surface area contributed by atoms with Gasteiger partial charge in [-0.3, -0.25) is 4.79 Å². The maximum Gasteiger partial charge on any atom is 0.220 e. The predicted molar refractivity (Wildman–Crippen MR) is 83.0 cm³/mol. The normalized spacial score (nSPS) is 9.70. The Labute approximate surface area is 121 Å². The monoisotopic (exact) mass is 272 g/mol. The summed E-state index contributed by atoms with van der Waals surface area (Å²) < 4.78 is 0. The van der Waals surface area contributed by atoms with Crippen LogP contribution in [0.4, 0.5) is 0 Å². The van der Waals surface area contributed by atoms with Crippen molar-refractivity contribution >= 4 is 5.91 Å². The third-order valence-corrected chi connectivity index (χ3v) is 3.08. The lowest BCUT2D eigenvalue weighted by atomic mass is 10.1. The van der Waals surface area contributed by atoms with Crippen LogP contribution in [0.3, 0.4) is 0 Å². The molecule has 0 spiro atoms. The van der Waals surface area contributed by atoms with E-state index in [1.165, 1.54) is 12.8 Å². The van der Waals surface area contributed by atoms with Crippen LogP contribution in [0.5, 0.6) is 0 Å². The molecule has 0 heterocycles. The molecule has 3 nitrogen and oxygen atoms in total. The number of hydrogen-bond acceptors (Lipinski definition) is 2. The molecular formula is C17H24N2O. The quantitative estimate of drug-likeness (QED) is 0.592. The summed E-state index contributed by atoms with van der Waals surface area (Å²) >= 11 is 0. The lowest BCUT2D eigenvalue weighted by Gasteiger charge is -2.07. The molecule has 1 aromatic carbocycles. The topological polar surface area (TPSA) is 55.1 Å². The molecule has 0 saturated carbocycles. The molecule has 20 heavy (non-hydrogen) atoms. The molecule has 0 saturated heterocycles. The minimum absolute atomic E-state index is 0.114. The van der Waals surface area contributed by atoms with Crippen LogP contribution in [0.2, 0.25) is 0 Å². The largest absolute Gasteiger partial charge is 0.352 e. The summed E-state index contributed by atoms with van der Waals surface area (Å²) in [6.07, 6.45) is 5.09. The molecule has 3 N–H and O–H groups in total. The van der Waals surface area contributed by atoms with E-state index in [0.29, 0.717) is 19.5 Å². The molecule has 0 aromatic heterocycles. The maximum absolute atomic E-state index is 11.7. The zero-order valence-electron chi connectivity index (χ0n) is 12.2. The third kappa shape index (κ3) is 6.40. The van der Waals surface area contributed by atoms with Crippen LogP contribution in [-0.4, -0.2) is 12.5 Å². The van der Waals surface area contributed by atoms with E-state index in [2.05, 4.69) is 24.1 Å². The van der Waals surface area contributed by atoms with Crippen LogP contribution in [0.1, 0.15) is 50.2 Å². The molecule has 0 radical (unpaired) electrons. The van der Waals surface area contributed by atoms with Gasteiger partial charge in [0, 0.05) is 18.5 Å². The van der Waals surface area contributed by atoms with Crippen molar-refractivity contribution in [1.29, 1.82) is 0 Å². The van der Waals surface area contributed by atoms with E-state index < -0.39 is 0 Å². The van der Waals surface area contributed by atoms with Gasteiger partial charge in [0.25, 0.3) is 0 Å². The number of benzene rings is 1. The highest BCUT2D eigenvalue weighted by Gasteiger charge is 2.03. The fourth-order valence-electron chi connectivity index (χ4n) is 1.94. The van der Waals surface area contributed by atoms with Crippen LogP contribution in [-0.2, 0) is 11.3 Å². The van der Waals surface area contributed by atoms with E-state index in [1.54, 1.807) is 0 Å². The zero-order valence-corrected chi connectivity index (χ0v) is 12.2. The SMILES string of the molecule is CCCCCCC(=O)NCc1ccccc1C#CCN. The molecule has 108 valence electrons. The van der Waals surface area contributed by atoms with E-state index in [1.807, 2.05) is 24.3 Å². The second kappa shape index (κ2) is 10.1. The Morgan fingerprint density at radius 2 is 2.05 bits per heavy atom. The van der Waals surface area contributed by atoms with Crippen molar-refractivity contribution in [3.05, 3.63) is 35.4 Å². The molecule has 0 bridgehead atoms. The number of carbonyl (C=O) groups is 1. The molecule has 0 fully saturated rings. The van der Waals surface area contributed by atoms with Crippen LogP contribution in [0, 0.1) is 11.8 Å². The van der Waals surface area contributed by atoms with Gasteiger partial charge >= 0.3 is 0 Å². The standard InChI is InChI=1S/C17H24N2O/c1-2-3-4-5-12-17(20)19-14-16-10-7-6-9-15(16)11-8-13-18/h6-7,9-10H,2-5,12-14,18H2,1H3,(H,19,20). The average molecular weight is 272 g/mol. The highest BCUT2D eigenvalue weighted by Crippen LogP contribution is 2.07. The fourth-order valence-corrected chi connectivity index (χ4v) is 1.94. The fraction of sp³-hybridized carbons (Fsp3) is 0.471. The van der Waals surface area contributed by atoms with Gasteiger partial charge in [-0.25, -0.2) is 0 Å². The summed E-state index contributed by atoms with van der Waals surface area (Å²) in [7, 11) is 0. The first kappa shape index (κ1) is 16.3. The molecule has 0 aliphatic carbocycles. The van der Waals surface area contributed by atoms with E-state index in [4.69, 9.17) is 5.73 Å². The highest BCUT2D eigenvalue weighted by atomic mass is 16.1. The van der Waals surface area contributed by atoms with Crippen molar-refractivity contribution in [2.24, 2.45) is 5.73 Å². The lowest BCUT2D eigenvalue weighted by molar-refractivity contribution is -0.121. The Balaban J connectivity index is 2.43. The van der Waals surface area contributed by atoms with Gasteiger partial charge in [0.05, 0.1) is 6.54 Å². The highest BCUT2D eigenvalue weighted by molar-refractivity contribution is 5.75. The van der Waals surface area contributed by atoms with Crippen molar-refractivity contribution in [2.75, 3.05) is 6.54 Å². The van der Waals surface area contributed by atoms with Gasteiger partial charge < -0.3 is 11.1 Å². The van der Waals surface area contributed by atoms with Crippen LogP contribution in [0.15, 0.2) is 24.3 Å². The van der Waals surface area contributed by atoms with E-state index in [9.17, 15) is 4.79 Å². The van der Waals surface area contributed by atoms with Gasteiger partial charge in [-0.1, -0.05) is 56.2 Å². The van der Waals surface area contributed by atoms with Crippen molar-refractivity contribution in [1.82, 2.24) is 5.32 Å². The number of nitrogens with two attached hydrogens (primary N) is 1. The van der Waals surface area contributed by atoms with Crippen molar-refractivity contribution in [2.45, 2.75) is 45.6 Å². The van der Waals surface area contributed by atoms with E-state index in [-0.39, 0.29) is 5.91 Å². The second-order valence-corrected chi connectivity index (χ2v) is 4.75. The van der Waals surface area contributed by atoms with Gasteiger partial charge in [0.15, 0.2) is 0 Å². The molecule has 1 amide bonds. The van der Waals surface area contributed by atoms with Crippen LogP contribution in [0.25, 0.3) is 0 Å². The summed E-state index contributed by atoms with van der Waals surface area (Å²) in [5.74, 6) is 5.99.